The lowest BCUT2D eigenvalue weighted by Crippen LogP contribution is -2.72. The van der Waals surface area contributed by atoms with E-state index < -0.39 is 11.7 Å². The molecule has 1 spiro atoms. The van der Waals surface area contributed by atoms with Crippen molar-refractivity contribution in [1.82, 2.24) is 19.8 Å². The van der Waals surface area contributed by atoms with E-state index in [0.717, 1.165) is 18.8 Å². The van der Waals surface area contributed by atoms with Gasteiger partial charge in [0.05, 0.1) is 22.0 Å². The molecule has 9 heteroatoms. The van der Waals surface area contributed by atoms with Gasteiger partial charge in [-0.25, -0.2) is 14.4 Å². The third-order valence-electron chi connectivity index (χ3n) is 6.29. The van der Waals surface area contributed by atoms with E-state index in [1.54, 1.807) is 23.1 Å². The van der Waals surface area contributed by atoms with E-state index in [-0.39, 0.29) is 16.0 Å². The third kappa shape index (κ3) is 4.31. The first-order chi connectivity index (χ1) is 16.2. The molecule has 2 fully saturated rings. The van der Waals surface area contributed by atoms with E-state index in [9.17, 15) is 4.79 Å². The van der Waals surface area contributed by atoms with Crippen LogP contribution in [0.3, 0.4) is 0 Å². The van der Waals surface area contributed by atoms with Gasteiger partial charge in [-0.15, -0.1) is 0 Å². The Morgan fingerprint density at radius 1 is 1.24 bits per heavy atom. The molecule has 178 valence electrons. The van der Waals surface area contributed by atoms with Crippen molar-refractivity contribution in [3.05, 3.63) is 76.7 Å². The van der Waals surface area contributed by atoms with Crippen LogP contribution in [0, 0.1) is 11.2 Å². The van der Waals surface area contributed by atoms with E-state index in [1.807, 2.05) is 14.0 Å². The van der Waals surface area contributed by atoms with Crippen LogP contribution in [-0.2, 0) is 6.42 Å². The number of nitrogens with zero attached hydrogens (tertiary/aromatic N) is 4. The molecule has 7 nitrogen and oxygen atoms in total. The molecule has 1 amide bonds. The fourth-order valence-corrected chi connectivity index (χ4v) is 5.20. The quantitative estimate of drug-likeness (QED) is 0.613. The Bertz CT molecular complexity index is 1190. The first-order valence-electron chi connectivity index (χ1n) is 11.0. The number of aromatic nitrogens is 2. The molecule has 0 aliphatic carbocycles. The summed E-state index contributed by atoms with van der Waals surface area (Å²) < 4.78 is 15.3. The second-order valence-corrected chi connectivity index (χ2v) is 9.48. The first kappa shape index (κ1) is 23.9. The molecule has 0 bridgehead atoms. The van der Waals surface area contributed by atoms with E-state index >= 15 is 4.39 Å². The first-order valence-corrected chi connectivity index (χ1v) is 11.4. The summed E-state index contributed by atoms with van der Waals surface area (Å²) in [6.07, 6.45) is 6.74. The van der Waals surface area contributed by atoms with Gasteiger partial charge in [0.15, 0.2) is 0 Å². The highest BCUT2D eigenvalue weighted by Crippen LogP contribution is 2.40. The Labute approximate surface area is 203 Å². The van der Waals surface area contributed by atoms with Crippen LogP contribution in [0.5, 0.6) is 0 Å². The van der Waals surface area contributed by atoms with Gasteiger partial charge in [-0.3, -0.25) is 4.79 Å². The van der Waals surface area contributed by atoms with Crippen molar-refractivity contribution in [2.45, 2.75) is 13.3 Å². The molecule has 1 aromatic heterocycles. The van der Waals surface area contributed by atoms with Crippen LogP contribution in [0.25, 0.3) is 16.8 Å². The van der Waals surface area contributed by atoms with Crippen LogP contribution in [0.4, 0.5) is 4.39 Å². The Morgan fingerprint density at radius 2 is 1.94 bits per heavy atom. The summed E-state index contributed by atoms with van der Waals surface area (Å²) in [6, 6.07) is 2.85. The van der Waals surface area contributed by atoms with Crippen LogP contribution >= 0.6 is 11.6 Å². The van der Waals surface area contributed by atoms with E-state index in [4.69, 9.17) is 23.1 Å². The maximum atomic E-state index is 15.3. The predicted molar refractivity (Wildman–Crippen MR) is 132 cm³/mol. The SMILES string of the molecule is C=C(N)/C=C\C(=C/N)c1c(CC)ncnc1-c1cc(F)c(C(=O)N2CC3(CN(C)C3)C2)c(Cl)c1. The lowest BCUT2D eigenvalue weighted by molar-refractivity contribution is -0.0873. The maximum Gasteiger partial charge on any atom is 0.258 e. The average molecular weight is 483 g/mol. The Hall–Kier alpha value is -3.23. The van der Waals surface area contributed by atoms with E-state index in [2.05, 4.69) is 21.4 Å². The minimum atomic E-state index is -0.689. The number of hydrogen-bond donors (Lipinski definition) is 2. The zero-order valence-electron chi connectivity index (χ0n) is 19.3. The van der Waals surface area contributed by atoms with Gasteiger partial charge in [0, 0.05) is 60.2 Å². The molecule has 1 aromatic carbocycles. The van der Waals surface area contributed by atoms with E-state index in [0.29, 0.717) is 47.6 Å². The zero-order chi connectivity index (χ0) is 24.6. The van der Waals surface area contributed by atoms with Crippen molar-refractivity contribution < 1.29 is 9.18 Å². The Balaban J connectivity index is 1.70. The van der Waals surface area contributed by atoms with Crippen molar-refractivity contribution in [2.75, 3.05) is 33.2 Å². The number of halogens is 2. The fourth-order valence-electron chi connectivity index (χ4n) is 4.91. The molecule has 4 rings (SSSR count). The summed E-state index contributed by atoms with van der Waals surface area (Å²) in [5.74, 6) is -1.08. The predicted octanol–water partition coefficient (Wildman–Crippen LogP) is 3.21. The summed E-state index contributed by atoms with van der Waals surface area (Å²) in [5, 5.41) is 0.0402. The highest BCUT2D eigenvalue weighted by Gasteiger charge is 2.52. The number of hydrogen-bond acceptors (Lipinski definition) is 6. The maximum absolute atomic E-state index is 15.3. The van der Waals surface area contributed by atoms with E-state index in [1.165, 1.54) is 18.6 Å². The van der Waals surface area contributed by atoms with Crippen molar-refractivity contribution in [1.29, 1.82) is 0 Å². The number of allylic oxidation sites excluding steroid dienone is 3. The number of benzene rings is 1. The number of carbonyl (C=O) groups is 1. The van der Waals surface area contributed by atoms with Crippen LogP contribution in [-0.4, -0.2) is 58.9 Å². The van der Waals surface area contributed by atoms with Gasteiger partial charge in [0.25, 0.3) is 5.91 Å². The smallest absolute Gasteiger partial charge is 0.258 e. The number of amides is 1. The molecular formula is C25H28ClFN6O. The molecule has 2 saturated heterocycles. The fraction of sp³-hybridized carbons (Fsp3) is 0.320. The molecule has 2 aliphatic rings. The second-order valence-electron chi connectivity index (χ2n) is 9.08. The molecule has 0 saturated carbocycles. The molecular weight excluding hydrogens is 455 g/mol. The normalized spacial score (nSPS) is 17.6. The number of rotatable bonds is 6. The van der Waals surface area contributed by atoms with Crippen LogP contribution in [0.1, 0.15) is 28.5 Å². The third-order valence-corrected chi connectivity index (χ3v) is 6.58. The van der Waals surface area contributed by atoms with Gasteiger partial charge in [0.1, 0.15) is 12.1 Å². The molecule has 0 radical (unpaired) electrons. The van der Waals surface area contributed by atoms with Gasteiger partial charge >= 0.3 is 0 Å². The van der Waals surface area contributed by atoms with Gasteiger partial charge in [-0.2, -0.15) is 0 Å². The van der Waals surface area contributed by atoms with Crippen LogP contribution in [0.15, 0.2) is 49.1 Å². The van der Waals surface area contributed by atoms with Crippen LogP contribution in [0.2, 0.25) is 5.02 Å². The number of nitrogens with two attached hydrogens (primary N) is 2. The average Bonchev–Trinajstić information content (AvgIpc) is 2.74. The van der Waals surface area contributed by atoms with Crippen molar-refractivity contribution in [2.24, 2.45) is 16.9 Å². The largest absolute Gasteiger partial charge is 0.404 e. The molecule has 0 atom stereocenters. The molecule has 2 aliphatic heterocycles. The summed E-state index contributed by atoms with van der Waals surface area (Å²) in [5.41, 5.74) is 14.8. The molecule has 34 heavy (non-hydrogen) atoms. The van der Waals surface area contributed by atoms with Gasteiger partial charge < -0.3 is 21.3 Å². The summed E-state index contributed by atoms with van der Waals surface area (Å²) in [7, 11) is 2.05. The van der Waals surface area contributed by atoms with Crippen LogP contribution < -0.4 is 11.5 Å². The molecule has 0 unspecified atom stereocenters. The lowest BCUT2D eigenvalue weighted by Gasteiger charge is -2.59. The summed E-state index contributed by atoms with van der Waals surface area (Å²) in [6.45, 7) is 8.75. The van der Waals surface area contributed by atoms with Gasteiger partial charge in [-0.05, 0) is 31.7 Å². The molecule has 3 heterocycles. The topological polar surface area (TPSA) is 101 Å². The summed E-state index contributed by atoms with van der Waals surface area (Å²) >= 11 is 6.47. The van der Waals surface area contributed by atoms with Crippen molar-refractivity contribution in [3.8, 4) is 11.3 Å². The monoisotopic (exact) mass is 482 g/mol. The Kier molecular flexibility index (Phi) is 6.47. The van der Waals surface area contributed by atoms with Gasteiger partial charge in [0.2, 0.25) is 0 Å². The minimum absolute atomic E-state index is 0.0402. The van der Waals surface area contributed by atoms with Crippen molar-refractivity contribution >= 4 is 23.1 Å². The standard InChI is InChI=1S/C25H28ClFN6O/c1-4-20-21(16(9-28)6-5-15(2)29)23(31-14-30-20)17-7-18(26)22(19(27)8-17)24(34)33-12-25(13-33)10-32(3)11-25/h5-9,14H,2,4,10-13,28-29H2,1,3H3/b6-5-,16-9+. The van der Waals surface area contributed by atoms with Gasteiger partial charge in [-0.1, -0.05) is 31.2 Å². The second kappa shape index (κ2) is 9.19. The summed E-state index contributed by atoms with van der Waals surface area (Å²) in [4.78, 5) is 25.6. The Morgan fingerprint density at radius 3 is 2.50 bits per heavy atom. The highest BCUT2D eigenvalue weighted by atomic mass is 35.5. The molecule has 2 aromatic rings. The number of carbonyl (C=O) groups excluding carboxylic acids is 1. The lowest BCUT2D eigenvalue weighted by atomic mass is 9.73. The number of likely N-dealkylation sites (tertiary alicyclic amines) is 2. The molecule has 4 N–H and O–H groups in total. The number of aryl methyl sites for hydroxylation is 1. The zero-order valence-corrected chi connectivity index (χ0v) is 20.1. The minimum Gasteiger partial charge on any atom is -0.404 e. The van der Waals surface area contributed by atoms with Crippen molar-refractivity contribution in [3.63, 3.8) is 0 Å². The highest BCUT2D eigenvalue weighted by molar-refractivity contribution is 6.34.